The number of nitrogens with one attached hydrogen (secondary N) is 2. The van der Waals surface area contributed by atoms with Crippen LogP contribution in [0.1, 0.15) is 10.4 Å². The summed E-state index contributed by atoms with van der Waals surface area (Å²) in [4.78, 5) is 42.2. The first-order valence-corrected chi connectivity index (χ1v) is 11.3. The quantitative estimate of drug-likeness (QED) is 0.744. The van der Waals surface area contributed by atoms with Crippen molar-refractivity contribution in [2.75, 3.05) is 36.6 Å². The molecule has 5 rings (SSSR count). The maximum Gasteiger partial charge on any atom is 0.256 e. The van der Waals surface area contributed by atoms with Crippen molar-refractivity contribution in [1.82, 2.24) is 15.1 Å². The Labute approximate surface area is 183 Å². The molecule has 0 unspecified atom stereocenters. The third-order valence-electron chi connectivity index (χ3n) is 5.96. The maximum absolute atomic E-state index is 14.3. The van der Waals surface area contributed by atoms with Crippen LogP contribution >= 0.6 is 11.8 Å². The van der Waals surface area contributed by atoms with Crippen molar-refractivity contribution in [3.8, 4) is 11.1 Å². The number of fused-ring (bicyclic) bond motifs is 2. The van der Waals surface area contributed by atoms with Crippen molar-refractivity contribution in [3.05, 3.63) is 53.8 Å². The predicted octanol–water partition coefficient (Wildman–Crippen LogP) is 1.76. The Morgan fingerprint density at radius 2 is 1.94 bits per heavy atom. The van der Waals surface area contributed by atoms with Crippen LogP contribution in [0.25, 0.3) is 11.1 Å². The van der Waals surface area contributed by atoms with E-state index in [0.717, 1.165) is 5.88 Å². The molecule has 0 radical (unpaired) electrons. The van der Waals surface area contributed by atoms with Gasteiger partial charge in [0.25, 0.3) is 5.91 Å². The number of nitrogens with zero attached hydrogens (tertiary/aromatic N) is 2. The molecule has 0 spiro atoms. The minimum Gasteiger partial charge on any atom is -0.337 e. The Morgan fingerprint density at radius 3 is 2.71 bits per heavy atom. The Balaban J connectivity index is 1.43. The van der Waals surface area contributed by atoms with Gasteiger partial charge in [-0.3, -0.25) is 19.7 Å². The third-order valence-corrected chi connectivity index (χ3v) is 6.90. The highest BCUT2D eigenvalue weighted by Crippen LogP contribution is 2.31. The molecule has 0 bridgehead atoms. The van der Waals surface area contributed by atoms with E-state index in [1.165, 1.54) is 11.0 Å². The van der Waals surface area contributed by atoms with Crippen LogP contribution in [0.4, 0.5) is 10.1 Å². The van der Waals surface area contributed by atoms with E-state index in [0.29, 0.717) is 34.7 Å². The molecule has 31 heavy (non-hydrogen) atoms. The fourth-order valence-corrected chi connectivity index (χ4v) is 5.22. The number of anilines is 1. The second-order valence-electron chi connectivity index (χ2n) is 7.80. The van der Waals surface area contributed by atoms with Gasteiger partial charge in [0.05, 0.1) is 23.8 Å². The summed E-state index contributed by atoms with van der Waals surface area (Å²) in [6, 6.07) is 10.3. The van der Waals surface area contributed by atoms with Gasteiger partial charge in [-0.1, -0.05) is 24.3 Å². The lowest BCUT2D eigenvalue weighted by molar-refractivity contribution is -0.137. The molecule has 3 aliphatic heterocycles. The topological polar surface area (TPSA) is 81.8 Å². The number of amides is 3. The van der Waals surface area contributed by atoms with Crippen molar-refractivity contribution in [2.24, 2.45) is 0 Å². The highest BCUT2D eigenvalue weighted by atomic mass is 32.2. The molecule has 2 saturated heterocycles. The summed E-state index contributed by atoms with van der Waals surface area (Å²) >= 11 is 1.66. The first-order chi connectivity index (χ1) is 15.0. The first-order valence-electron chi connectivity index (χ1n) is 10.1. The van der Waals surface area contributed by atoms with E-state index in [1.54, 1.807) is 53.1 Å². The SMILES string of the molecule is O=C1Nc2ccc(-c3ccccc3F)cc2C(=O)N2CCN(C(=O)[C@H]3CSCN3)C[C@H]12. The molecule has 2 aromatic rings. The number of hydrogen-bond acceptors (Lipinski definition) is 5. The Kier molecular flexibility index (Phi) is 5.15. The van der Waals surface area contributed by atoms with E-state index in [1.807, 2.05) is 0 Å². The van der Waals surface area contributed by atoms with Gasteiger partial charge >= 0.3 is 0 Å². The molecule has 0 aliphatic carbocycles. The van der Waals surface area contributed by atoms with Crippen LogP contribution < -0.4 is 10.6 Å². The van der Waals surface area contributed by atoms with Crippen LogP contribution in [-0.2, 0) is 9.59 Å². The second kappa shape index (κ2) is 7.97. The zero-order chi connectivity index (χ0) is 21.5. The molecule has 3 amide bonds. The van der Waals surface area contributed by atoms with Crippen LogP contribution in [0.2, 0.25) is 0 Å². The molecule has 160 valence electrons. The standard InChI is InChI=1S/C22H21FN4O3S/c23-16-4-2-1-3-14(16)13-5-6-17-15(9-13)21(29)27-8-7-26(10-19(27)20(28)25-17)22(30)18-11-31-12-24-18/h1-6,9,18-19,24H,7-8,10-12H2,(H,25,28)/t18-,19-/m1/s1. The number of hydrogen-bond donors (Lipinski definition) is 2. The summed E-state index contributed by atoms with van der Waals surface area (Å²) in [7, 11) is 0. The van der Waals surface area contributed by atoms with Crippen molar-refractivity contribution in [3.63, 3.8) is 0 Å². The number of carbonyl (C=O) groups excluding carboxylic acids is 3. The van der Waals surface area contributed by atoms with Gasteiger partial charge in [0.15, 0.2) is 0 Å². The normalized spacial score (nSPS) is 23.1. The van der Waals surface area contributed by atoms with E-state index in [-0.39, 0.29) is 42.7 Å². The number of halogens is 1. The lowest BCUT2D eigenvalue weighted by Crippen LogP contribution is -2.61. The molecule has 2 aromatic carbocycles. The zero-order valence-corrected chi connectivity index (χ0v) is 17.5. The fourth-order valence-electron chi connectivity index (χ4n) is 4.29. The largest absolute Gasteiger partial charge is 0.337 e. The van der Waals surface area contributed by atoms with Crippen molar-refractivity contribution in [2.45, 2.75) is 12.1 Å². The Hall–Kier alpha value is -2.91. The maximum atomic E-state index is 14.3. The molecular weight excluding hydrogens is 419 g/mol. The van der Waals surface area contributed by atoms with Crippen LogP contribution in [0.5, 0.6) is 0 Å². The van der Waals surface area contributed by atoms with Gasteiger partial charge < -0.3 is 15.1 Å². The summed E-state index contributed by atoms with van der Waals surface area (Å²) in [5, 5.41) is 5.98. The smallest absolute Gasteiger partial charge is 0.256 e. The minimum absolute atomic E-state index is 0.0338. The summed E-state index contributed by atoms with van der Waals surface area (Å²) in [6.07, 6.45) is 0. The zero-order valence-electron chi connectivity index (χ0n) is 16.6. The van der Waals surface area contributed by atoms with Crippen LogP contribution in [-0.4, -0.2) is 70.9 Å². The van der Waals surface area contributed by atoms with Crippen LogP contribution in [0.15, 0.2) is 42.5 Å². The van der Waals surface area contributed by atoms with Crippen molar-refractivity contribution < 1.29 is 18.8 Å². The number of benzene rings is 2. The molecule has 3 heterocycles. The minimum atomic E-state index is -0.761. The molecule has 3 aliphatic rings. The van der Waals surface area contributed by atoms with Gasteiger partial charge in [-0.15, -0.1) is 11.8 Å². The number of piperazine rings is 1. The molecule has 2 fully saturated rings. The second-order valence-corrected chi connectivity index (χ2v) is 8.83. The van der Waals surface area contributed by atoms with Gasteiger partial charge in [-0.2, -0.15) is 0 Å². The van der Waals surface area contributed by atoms with Crippen LogP contribution in [0.3, 0.4) is 0 Å². The van der Waals surface area contributed by atoms with Crippen molar-refractivity contribution >= 4 is 35.2 Å². The van der Waals surface area contributed by atoms with Crippen molar-refractivity contribution in [1.29, 1.82) is 0 Å². The van der Waals surface area contributed by atoms with Gasteiger partial charge in [-0.05, 0) is 23.8 Å². The van der Waals surface area contributed by atoms with E-state index < -0.39 is 6.04 Å². The summed E-state index contributed by atoms with van der Waals surface area (Å²) in [5.74, 6) is 0.414. The first kappa shape index (κ1) is 20.0. The Bertz CT molecular complexity index is 1070. The van der Waals surface area contributed by atoms with E-state index >= 15 is 0 Å². The summed E-state index contributed by atoms with van der Waals surface area (Å²) in [5.41, 5.74) is 1.68. The molecule has 9 heteroatoms. The number of thioether (sulfide) groups is 1. The molecule has 2 atom stereocenters. The molecule has 7 nitrogen and oxygen atoms in total. The van der Waals surface area contributed by atoms with Gasteiger partial charge in [-0.25, -0.2) is 4.39 Å². The predicted molar refractivity (Wildman–Crippen MR) is 116 cm³/mol. The third kappa shape index (κ3) is 3.57. The van der Waals surface area contributed by atoms with Gasteiger partial charge in [0, 0.05) is 30.3 Å². The van der Waals surface area contributed by atoms with Gasteiger partial charge in [0.1, 0.15) is 11.9 Å². The summed E-state index contributed by atoms with van der Waals surface area (Å²) < 4.78 is 14.3. The fraction of sp³-hybridized carbons (Fsp3) is 0.318. The highest BCUT2D eigenvalue weighted by Gasteiger charge is 2.41. The lowest BCUT2D eigenvalue weighted by atomic mass is 10.0. The molecular formula is C22H21FN4O3S. The summed E-state index contributed by atoms with van der Waals surface area (Å²) in [6.45, 7) is 0.804. The van der Waals surface area contributed by atoms with Crippen LogP contribution in [0, 0.1) is 5.82 Å². The van der Waals surface area contributed by atoms with E-state index in [4.69, 9.17) is 0 Å². The lowest BCUT2D eigenvalue weighted by Gasteiger charge is -2.40. The van der Waals surface area contributed by atoms with E-state index in [2.05, 4.69) is 10.6 Å². The van der Waals surface area contributed by atoms with Gasteiger partial charge in [0.2, 0.25) is 11.8 Å². The average molecular weight is 441 g/mol. The average Bonchev–Trinajstić information content (AvgIpc) is 3.30. The van der Waals surface area contributed by atoms with E-state index in [9.17, 15) is 18.8 Å². The monoisotopic (exact) mass is 440 g/mol. The Morgan fingerprint density at radius 1 is 1.10 bits per heavy atom. The number of carbonyl (C=O) groups is 3. The highest BCUT2D eigenvalue weighted by molar-refractivity contribution is 7.99. The molecule has 0 saturated carbocycles. The molecule has 0 aromatic heterocycles. The number of rotatable bonds is 2. The molecule has 2 N–H and O–H groups in total.